The minimum atomic E-state index is -0.469. The van der Waals surface area contributed by atoms with Crippen LogP contribution in [0.1, 0.15) is 6.92 Å². The quantitative estimate of drug-likeness (QED) is 0.680. The third kappa shape index (κ3) is 1.62. The Balaban J connectivity index is 2.27. The molecule has 5 heteroatoms. The predicted octanol–water partition coefficient (Wildman–Crippen LogP) is 1.95. The predicted molar refractivity (Wildman–Crippen MR) is 73.0 cm³/mol. The highest BCUT2D eigenvalue weighted by Crippen LogP contribution is 2.38. The molecule has 98 valence electrons. The van der Waals surface area contributed by atoms with Crippen LogP contribution in [0.25, 0.3) is 0 Å². The largest absolute Gasteiger partial charge is 0.465 e. The molecule has 0 aromatic rings. The van der Waals surface area contributed by atoms with E-state index in [1.807, 2.05) is 31.2 Å². The molecule has 0 N–H and O–H groups in total. The maximum absolute atomic E-state index is 11.9. The van der Waals surface area contributed by atoms with Gasteiger partial charge in [0.25, 0.3) is 0 Å². The average molecular weight is 265 g/mol. The molecule has 0 fully saturated rings. The van der Waals surface area contributed by atoms with Crippen LogP contribution in [0.2, 0.25) is 0 Å². The molecule has 0 aromatic carbocycles. The van der Waals surface area contributed by atoms with E-state index < -0.39 is 5.97 Å². The van der Waals surface area contributed by atoms with Gasteiger partial charge in [-0.15, -0.1) is 0 Å². The number of ether oxygens (including phenoxy) is 1. The molecule has 0 bridgehead atoms. The highest BCUT2D eigenvalue weighted by Gasteiger charge is 2.33. The molecule has 3 rings (SSSR count). The lowest BCUT2D eigenvalue weighted by Crippen LogP contribution is -2.32. The Morgan fingerprint density at radius 2 is 2.25 bits per heavy atom. The van der Waals surface area contributed by atoms with Crippen molar-refractivity contribution in [2.75, 3.05) is 7.11 Å². The average Bonchev–Trinajstić information content (AvgIpc) is 2.46. The molecular formula is C15H11N3O2. The van der Waals surface area contributed by atoms with Crippen molar-refractivity contribution in [1.29, 1.82) is 5.26 Å². The number of allylic oxidation sites excluding steroid dienone is 6. The van der Waals surface area contributed by atoms with Crippen molar-refractivity contribution < 1.29 is 9.53 Å². The first-order valence-electron chi connectivity index (χ1n) is 6.06. The minimum Gasteiger partial charge on any atom is -0.465 e. The van der Waals surface area contributed by atoms with Gasteiger partial charge in [-0.1, -0.05) is 6.08 Å². The van der Waals surface area contributed by atoms with Gasteiger partial charge in [0, 0.05) is 11.4 Å². The molecule has 5 nitrogen and oxygen atoms in total. The third-order valence-electron chi connectivity index (χ3n) is 3.20. The summed E-state index contributed by atoms with van der Waals surface area (Å²) >= 11 is 0. The van der Waals surface area contributed by atoms with Gasteiger partial charge in [0.1, 0.15) is 6.07 Å². The van der Waals surface area contributed by atoms with Gasteiger partial charge in [0.05, 0.1) is 24.0 Å². The Hall–Kier alpha value is -2.87. The first-order valence-corrected chi connectivity index (χ1v) is 6.06. The van der Waals surface area contributed by atoms with Crippen molar-refractivity contribution >= 4 is 11.7 Å². The fourth-order valence-corrected chi connectivity index (χ4v) is 2.37. The zero-order valence-corrected chi connectivity index (χ0v) is 11.0. The van der Waals surface area contributed by atoms with Gasteiger partial charge in [-0.25, -0.2) is 9.79 Å². The molecule has 0 aromatic heterocycles. The molecule has 0 atom stereocenters. The van der Waals surface area contributed by atoms with Crippen LogP contribution >= 0.6 is 0 Å². The van der Waals surface area contributed by atoms with E-state index in [0.717, 1.165) is 11.4 Å². The van der Waals surface area contributed by atoms with E-state index in [2.05, 4.69) is 11.1 Å². The molecule has 0 saturated heterocycles. The Morgan fingerprint density at radius 3 is 2.95 bits per heavy atom. The molecule has 0 spiro atoms. The van der Waals surface area contributed by atoms with Gasteiger partial charge >= 0.3 is 5.97 Å². The summed E-state index contributed by atoms with van der Waals surface area (Å²) in [5, 5.41) is 9.29. The summed E-state index contributed by atoms with van der Waals surface area (Å²) in [7, 11) is 1.32. The van der Waals surface area contributed by atoms with E-state index in [4.69, 9.17) is 4.74 Å². The number of hydrogen-bond acceptors (Lipinski definition) is 5. The molecule has 20 heavy (non-hydrogen) atoms. The van der Waals surface area contributed by atoms with E-state index in [1.54, 1.807) is 4.90 Å². The van der Waals surface area contributed by atoms with Crippen molar-refractivity contribution in [3.05, 3.63) is 58.7 Å². The lowest BCUT2D eigenvalue weighted by atomic mass is 9.98. The maximum atomic E-state index is 11.9. The number of methoxy groups -OCH3 is 1. The van der Waals surface area contributed by atoms with Crippen molar-refractivity contribution in [2.45, 2.75) is 6.92 Å². The van der Waals surface area contributed by atoms with Crippen LogP contribution in [-0.2, 0) is 9.53 Å². The zero-order valence-electron chi connectivity index (χ0n) is 11.0. The van der Waals surface area contributed by atoms with Crippen LogP contribution in [0.3, 0.4) is 0 Å². The first kappa shape index (κ1) is 12.2. The number of nitrogens with zero attached hydrogens (tertiary/aromatic N) is 3. The van der Waals surface area contributed by atoms with Crippen LogP contribution in [0, 0.1) is 11.3 Å². The van der Waals surface area contributed by atoms with E-state index in [0.29, 0.717) is 22.7 Å². The number of nitriles is 1. The second-order valence-electron chi connectivity index (χ2n) is 4.47. The standard InChI is InChI=1S/C15H11N3O2/c1-9-6-11-4-3-5-13-12(15(19)20-2)7-10(8-16)14(17-9)18(11)13/h3-7H,1-2H3. The third-order valence-corrected chi connectivity index (χ3v) is 3.20. The fraction of sp³-hybridized carbons (Fsp3) is 0.133. The van der Waals surface area contributed by atoms with Gasteiger partial charge in [0.15, 0.2) is 5.82 Å². The van der Waals surface area contributed by atoms with Crippen LogP contribution < -0.4 is 0 Å². The second kappa shape index (κ2) is 4.35. The Morgan fingerprint density at radius 1 is 1.45 bits per heavy atom. The Kier molecular flexibility index (Phi) is 2.65. The highest BCUT2D eigenvalue weighted by atomic mass is 16.5. The van der Waals surface area contributed by atoms with Gasteiger partial charge in [0.2, 0.25) is 0 Å². The molecule has 3 aliphatic rings. The molecule has 0 amide bonds. The molecule has 0 unspecified atom stereocenters. The SMILES string of the molecule is COC(=O)C1=CC(C#N)=C2N=C(C)C=C3C=CC=C1N32. The van der Waals surface area contributed by atoms with E-state index in [9.17, 15) is 10.1 Å². The highest BCUT2D eigenvalue weighted by molar-refractivity contribution is 5.98. The number of carbonyl (C=O) groups is 1. The number of esters is 1. The number of hydrogen-bond donors (Lipinski definition) is 0. The molecular weight excluding hydrogens is 254 g/mol. The monoisotopic (exact) mass is 265 g/mol. The maximum Gasteiger partial charge on any atom is 0.340 e. The number of aliphatic imine (C=N–C) groups is 1. The first-order chi connectivity index (χ1) is 9.65. The van der Waals surface area contributed by atoms with Crippen LogP contribution in [-0.4, -0.2) is 23.7 Å². The smallest absolute Gasteiger partial charge is 0.340 e. The summed E-state index contributed by atoms with van der Waals surface area (Å²) < 4.78 is 4.79. The summed E-state index contributed by atoms with van der Waals surface area (Å²) in [4.78, 5) is 18.1. The van der Waals surface area contributed by atoms with Crippen molar-refractivity contribution in [3.8, 4) is 6.07 Å². The van der Waals surface area contributed by atoms with Crippen LogP contribution in [0.15, 0.2) is 63.7 Å². The van der Waals surface area contributed by atoms with Gasteiger partial charge in [-0.2, -0.15) is 5.26 Å². The van der Waals surface area contributed by atoms with Crippen molar-refractivity contribution in [3.63, 3.8) is 0 Å². The molecule has 0 radical (unpaired) electrons. The Bertz CT molecular complexity index is 740. The fourth-order valence-electron chi connectivity index (χ4n) is 2.37. The van der Waals surface area contributed by atoms with Gasteiger partial charge < -0.3 is 4.74 Å². The normalized spacial score (nSPS) is 19.4. The summed E-state index contributed by atoms with van der Waals surface area (Å²) in [6.45, 7) is 1.87. The minimum absolute atomic E-state index is 0.350. The molecule has 3 aliphatic heterocycles. The van der Waals surface area contributed by atoms with Crippen LogP contribution in [0.4, 0.5) is 0 Å². The summed E-state index contributed by atoms with van der Waals surface area (Å²) in [5.41, 5.74) is 3.09. The molecule has 0 aliphatic carbocycles. The summed E-state index contributed by atoms with van der Waals surface area (Å²) in [6.07, 6.45) is 9.02. The van der Waals surface area contributed by atoms with E-state index in [-0.39, 0.29) is 0 Å². The number of rotatable bonds is 1. The summed E-state index contributed by atoms with van der Waals surface area (Å²) in [6, 6.07) is 2.09. The Labute approximate surface area is 116 Å². The van der Waals surface area contributed by atoms with E-state index in [1.165, 1.54) is 13.2 Å². The second-order valence-corrected chi connectivity index (χ2v) is 4.47. The van der Waals surface area contributed by atoms with Crippen LogP contribution in [0.5, 0.6) is 0 Å². The van der Waals surface area contributed by atoms with Gasteiger partial charge in [-0.05, 0) is 31.2 Å². The van der Waals surface area contributed by atoms with Crippen molar-refractivity contribution in [2.24, 2.45) is 4.99 Å². The lowest BCUT2D eigenvalue weighted by Gasteiger charge is -2.36. The number of carbonyl (C=O) groups excluding carboxylic acids is 1. The molecule has 3 heterocycles. The van der Waals surface area contributed by atoms with E-state index >= 15 is 0 Å². The van der Waals surface area contributed by atoms with Gasteiger partial charge in [-0.3, -0.25) is 4.90 Å². The summed E-state index contributed by atoms with van der Waals surface area (Å²) in [5.74, 6) is 0.0785. The zero-order chi connectivity index (χ0) is 14.3. The molecule has 0 saturated carbocycles. The topological polar surface area (TPSA) is 65.7 Å². The lowest BCUT2D eigenvalue weighted by molar-refractivity contribution is -0.135. The van der Waals surface area contributed by atoms with Crippen molar-refractivity contribution in [1.82, 2.24) is 4.90 Å².